The second kappa shape index (κ2) is 14.9. The molecule has 3 nitrogen and oxygen atoms in total. The van der Waals surface area contributed by atoms with E-state index in [4.69, 9.17) is 4.42 Å². The summed E-state index contributed by atoms with van der Waals surface area (Å²) in [5.74, 6) is 0. The molecule has 0 N–H and O–H groups in total. The topological polar surface area (TPSA) is 21.3 Å². The second-order valence-corrected chi connectivity index (χ2v) is 18.7. The molecule has 3 heteroatoms. The Bertz CT molecular complexity index is 4200. The van der Waals surface area contributed by atoms with Crippen molar-refractivity contribution in [2.75, 3.05) is 4.90 Å². The van der Waals surface area contributed by atoms with Gasteiger partial charge in [-0.15, -0.1) is 0 Å². The highest BCUT2D eigenvalue weighted by atomic mass is 16.3. The summed E-state index contributed by atoms with van der Waals surface area (Å²) in [7, 11) is 0. The van der Waals surface area contributed by atoms with Gasteiger partial charge in [0.15, 0.2) is 0 Å². The molecule has 326 valence electrons. The number of rotatable bonds is 6. The summed E-state index contributed by atoms with van der Waals surface area (Å²) in [6.07, 6.45) is 0. The Kier molecular flexibility index (Phi) is 8.28. The maximum atomic E-state index is 6.21. The lowest BCUT2D eigenvalue weighted by atomic mass is 9.65. The fraction of sp³-hybridized carbons (Fsp3) is 0.0149. The Morgan fingerprint density at radius 3 is 1.71 bits per heavy atom. The Morgan fingerprint density at radius 1 is 0.329 bits per heavy atom. The molecular formula is C67H42N2O. The van der Waals surface area contributed by atoms with E-state index < -0.39 is 5.41 Å². The molecule has 0 saturated carbocycles. The van der Waals surface area contributed by atoms with E-state index in [2.05, 4.69) is 252 Å². The number of aromatic nitrogens is 1. The fourth-order valence-electron chi connectivity index (χ4n) is 12.3. The molecule has 0 amide bonds. The number of nitrogens with zero attached hydrogens (tertiary/aromatic N) is 2. The van der Waals surface area contributed by atoms with Crippen molar-refractivity contribution in [3.8, 4) is 50.2 Å². The lowest BCUT2D eigenvalue weighted by Gasteiger charge is -2.39. The van der Waals surface area contributed by atoms with E-state index >= 15 is 0 Å². The average Bonchev–Trinajstić information content (AvgIpc) is 4.09. The van der Waals surface area contributed by atoms with Gasteiger partial charge in [-0.1, -0.05) is 194 Å². The van der Waals surface area contributed by atoms with Crippen LogP contribution in [0.3, 0.4) is 0 Å². The summed E-state index contributed by atoms with van der Waals surface area (Å²) in [5, 5.41) is 4.71. The van der Waals surface area contributed by atoms with E-state index in [0.717, 1.165) is 55.7 Å². The van der Waals surface area contributed by atoms with Crippen LogP contribution < -0.4 is 4.90 Å². The smallest absolute Gasteiger partial charge is 0.135 e. The second-order valence-electron chi connectivity index (χ2n) is 18.7. The van der Waals surface area contributed by atoms with Gasteiger partial charge in [-0.2, -0.15) is 0 Å². The highest BCUT2D eigenvalue weighted by molar-refractivity contribution is 6.14. The molecule has 0 fully saturated rings. The summed E-state index contributed by atoms with van der Waals surface area (Å²) in [5.41, 5.74) is 23.2. The van der Waals surface area contributed by atoms with Gasteiger partial charge in [0.05, 0.1) is 27.8 Å². The predicted molar refractivity (Wildman–Crippen MR) is 290 cm³/mol. The Balaban J connectivity index is 0.958. The van der Waals surface area contributed by atoms with Crippen molar-refractivity contribution in [3.05, 3.63) is 277 Å². The zero-order chi connectivity index (χ0) is 45.9. The van der Waals surface area contributed by atoms with Crippen molar-refractivity contribution < 1.29 is 4.42 Å². The first kappa shape index (κ1) is 38.9. The van der Waals surface area contributed by atoms with Crippen molar-refractivity contribution >= 4 is 60.8 Å². The van der Waals surface area contributed by atoms with Gasteiger partial charge in [0.2, 0.25) is 0 Å². The third-order valence-electron chi connectivity index (χ3n) is 15.2. The zero-order valence-corrected chi connectivity index (χ0v) is 38.1. The predicted octanol–water partition coefficient (Wildman–Crippen LogP) is 17.8. The van der Waals surface area contributed by atoms with Crippen LogP contribution in [0.1, 0.15) is 22.3 Å². The van der Waals surface area contributed by atoms with Crippen molar-refractivity contribution in [3.63, 3.8) is 0 Å². The molecule has 15 rings (SSSR count). The van der Waals surface area contributed by atoms with Crippen molar-refractivity contribution in [2.45, 2.75) is 5.41 Å². The fourth-order valence-corrected chi connectivity index (χ4v) is 12.3. The Labute approximate surface area is 405 Å². The summed E-state index contributed by atoms with van der Waals surface area (Å²) in [6.45, 7) is 0. The van der Waals surface area contributed by atoms with Gasteiger partial charge in [0.25, 0.3) is 0 Å². The van der Waals surface area contributed by atoms with E-state index in [1.54, 1.807) is 0 Å². The van der Waals surface area contributed by atoms with Crippen LogP contribution >= 0.6 is 0 Å². The minimum Gasteiger partial charge on any atom is -0.456 e. The molecule has 0 bridgehead atoms. The van der Waals surface area contributed by atoms with Crippen LogP contribution in [0.2, 0.25) is 0 Å². The first-order valence-electron chi connectivity index (χ1n) is 24.2. The van der Waals surface area contributed by atoms with Crippen molar-refractivity contribution in [1.82, 2.24) is 4.57 Å². The van der Waals surface area contributed by atoms with Gasteiger partial charge in [-0.05, 0) is 122 Å². The molecule has 1 aliphatic heterocycles. The number of benzene rings is 11. The SMILES string of the molecule is c1ccc(-c2ccccc2-c2ccccc2N(c2ccc(-c3ccc4oc5ccccc5c4c3)cc2)c2ccc3c(c2)c2cccc4c2n3-c2ccccc2C42c3ccccc3-c3ccccc32)cc1. The van der Waals surface area contributed by atoms with Crippen LogP contribution in [-0.2, 0) is 5.41 Å². The molecule has 0 radical (unpaired) electrons. The maximum Gasteiger partial charge on any atom is 0.135 e. The van der Waals surface area contributed by atoms with Crippen molar-refractivity contribution in [2.24, 2.45) is 0 Å². The summed E-state index contributed by atoms with van der Waals surface area (Å²) < 4.78 is 8.75. The summed E-state index contributed by atoms with van der Waals surface area (Å²) in [6, 6.07) is 93.7. The first-order chi connectivity index (χ1) is 34.7. The Hall–Kier alpha value is -9.18. The van der Waals surface area contributed by atoms with Gasteiger partial charge in [0.1, 0.15) is 11.2 Å². The monoisotopic (exact) mass is 890 g/mol. The zero-order valence-electron chi connectivity index (χ0n) is 38.1. The summed E-state index contributed by atoms with van der Waals surface area (Å²) >= 11 is 0. The maximum absolute atomic E-state index is 6.21. The molecule has 1 aliphatic carbocycles. The standard InChI is InChI=1S/C67H42N2O/c1-2-17-44(18-3-1)48-19-4-5-20-49(48)52-23-8-13-30-61(52)68(46-36-33-43(34-37-46)45-35-40-65-56(41-45)53-24-9-15-32-64(53)70-65)47-38-39-62-55(42-47)54-25-16-29-60-66(54)69(62)63-31-14-12-28-59(63)67(60)57-26-10-6-21-50(57)51-22-7-11-27-58(51)67/h1-42H. The van der Waals surface area contributed by atoms with E-state index in [-0.39, 0.29) is 0 Å². The Morgan fingerprint density at radius 2 is 0.914 bits per heavy atom. The molecule has 3 heterocycles. The van der Waals surface area contributed by atoms with Crippen LogP contribution in [0.25, 0.3) is 93.9 Å². The van der Waals surface area contributed by atoms with E-state index in [9.17, 15) is 0 Å². The largest absolute Gasteiger partial charge is 0.456 e. The number of fused-ring (bicyclic) bond motifs is 15. The molecule has 2 aromatic heterocycles. The van der Waals surface area contributed by atoms with Gasteiger partial charge in [0, 0.05) is 38.5 Å². The molecule has 0 unspecified atom stereocenters. The first-order valence-corrected chi connectivity index (χ1v) is 24.2. The molecule has 0 saturated heterocycles. The van der Waals surface area contributed by atoms with Crippen LogP contribution in [0.15, 0.2) is 259 Å². The highest BCUT2D eigenvalue weighted by Gasteiger charge is 2.50. The minimum atomic E-state index is -0.468. The normalized spacial score (nSPS) is 13.0. The highest BCUT2D eigenvalue weighted by Crippen LogP contribution is 2.61. The quantitative estimate of drug-likeness (QED) is 0.166. The van der Waals surface area contributed by atoms with Crippen LogP contribution in [0.4, 0.5) is 17.1 Å². The lowest BCUT2D eigenvalue weighted by Crippen LogP contribution is -2.33. The van der Waals surface area contributed by atoms with Crippen LogP contribution in [-0.4, -0.2) is 4.57 Å². The van der Waals surface area contributed by atoms with Crippen molar-refractivity contribution in [1.29, 1.82) is 0 Å². The molecule has 11 aromatic carbocycles. The molecular weight excluding hydrogens is 849 g/mol. The van der Waals surface area contributed by atoms with E-state index in [0.29, 0.717) is 0 Å². The molecule has 70 heavy (non-hydrogen) atoms. The van der Waals surface area contributed by atoms with Gasteiger partial charge < -0.3 is 13.9 Å². The average molecular weight is 891 g/mol. The third kappa shape index (κ3) is 5.40. The van der Waals surface area contributed by atoms with Crippen LogP contribution in [0, 0.1) is 0 Å². The summed E-state index contributed by atoms with van der Waals surface area (Å²) in [4.78, 5) is 2.46. The van der Waals surface area contributed by atoms with Gasteiger partial charge in [-0.3, -0.25) is 0 Å². The number of furan rings is 1. The number of para-hydroxylation sites is 4. The molecule has 1 spiro atoms. The molecule has 2 aliphatic rings. The number of hydrogen-bond donors (Lipinski definition) is 0. The molecule has 13 aromatic rings. The number of anilines is 3. The number of hydrogen-bond acceptors (Lipinski definition) is 2. The molecule has 0 atom stereocenters. The lowest BCUT2D eigenvalue weighted by molar-refractivity contribution is 0.669. The minimum absolute atomic E-state index is 0.468. The van der Waals surface area contributed by atoms with E-state index in [1.165, 1.54) is 77.6 Å². The van der Waals surface area contributed by atoms with E-state index in [1.807, 2.05) is 12.1 Å². The van der Waals surface area contributed by atoms with Gasteiger partial charge in [-0.25, -0.2) is 0 Å². The third-order valence-corrected chi connectivity index (χ3v) is 15.2. The van der Waals surface area contributed by atoms with Crippen LogP contribution in [0.5, 0.6) is 0 Å². The van der Waals surface area contributed by atoms with Gasteiger partial charge >= 0.3 is 0 Å².